The molecule has 2 heterocycles. The first-order valence-corrected chi connectivity index (χ1v) is 8.25. The van der Waals surface area contributed by atoms with Crippen LogP contribution in [-0.2, 0) is 6.54 Å². The molecule has 0 aliphatic carbocycles. The number of hydrogen-bond acceptors (Lipinski definition) is 5. The van der Waals surface area contributed by atoms with E-state index in [2.05, 4.69) is 23.0 Å². The Morgan fingerprint density at radius 1 is 1.21 bits per heavy atom. The second-order valence-electron chi connectivity index (χ2n) is 5.93. The smallest absolute Gasteiger partial charge is 0.328 e. The highest BCUT2D eigenvalue weighted by atomic mass is 32.1. The van der Waals surface area contributed by atoms with E-state index in [1.54, 1.807) is 0 Å². The number of H-pyrrole nitrogens is 1. The number of aromatic nitrogens is 2. The minimum atomic E-state index is -0.281. The molecule has 1 aromatic heterocycles. The number of nitriles is 1. The van der Waals surface area contributed by atoms with Crippen molar-refractivity contribution in [1.29, 1.82) is 5.26 Å². The summed E-state index contributed by atoms with van der Waals surface area (Å²) in [7, 11) is 2.06. The maximum Gasteiger partial charge on any atom is 0.328 e. The van der Waals surface area contributed by atoms with Crippen LogP contribution in [0.4, 0.5) is 5.82 Å². The van der Waals surface area contributed by atoms with E-state index in [0.29, 0.717) is 22.6 Å². The Morgan fingerprint density at radius 2 is 1.88 bits per heavy atom. The molecule has 0 spiro atoms. The molecule has 1 aromatic carbocycles. The lowest BCUT2D eigenvalue weighted by atomic mass is 10.2. The molecule has 24 heavy (non-hydrogen) atoms. The van der Waals surface area contributed by atoms with Gasteiger partial charge in [0.15, 0.2) is 0 Å². The van der Waals surface area contributed by atoms with E-state index < -0.39 is 0 Å². The van der Waals surface area contributed by atoms with Gasteiger partial charge in [-0.1, -0.05) is 42.5 Å². The number of nitrogens with zero attached hydrogens (tertiary/aromatic N) is 4. The van der Waals surface area contributed by atoms with Gasteiger partial charge in [0, 0.05) is 26.2 Å². The van der Waals surface area contributed by atoms with E-state index in [1.165, 1.54) is 4.57 Å². The molecule has 1 aliphatic heterocycles. The van der Waals surface area contributed by atoms with Crippen LogP contribution in [0.2, 0.25) is 0 Å². The number of likely N-dealkylation sites (N-methyl/N-ethyl adjacent to an activating group) is 1. The molecule has 0 unspecified atom stereocenters. The quantitative estimate of drug-likeness (QED) is 0.859. The third-order valence-electron chi connectivity index (χ3n) is 4.28. The van der Waals surface area contributed by atoms with Crippen molar-refractivity contribution in [2.45, 2.75) is 6.54 Å². The van der Waals surface area contributed by atoms with Crippen molar-refractivity contribution in [2.24, 2.45) is 0 Å². The number of anilines is 1. The summed E-state index contributed by atoms with van der Waals surface area (Å²) in [6, 6.07) is 11.8. The van der Waals surface area contributed by atoms with Crippen molar-refractivity contribution >= 4 is 18.0 Å². The molecule has 0 bridgehead atoms. The van der Waals surface area contributed by atoms with Crippen LogP contribution in [0.1, 0.15) is 11.1 Å². The molecule has 1 N–H and O–H groups in total. The van der Waals surface area contributed by atoms with E-state index in [0.717, 1.165) is 31.7 Å². The van der Waals surface area contributed by atoms with Crippen LogP contribution >= 0.6 is 12.2 Å². The summed E-state index contributed by atoms with van der Waals surface area (Å²) in [6.07, 6.45) is 0. The number of nitrogens with one attached hydrogen (secondary N) is 1. The lowest BCUT2D eigenvalue weighted by Gasteiger charge is -2.34. The van der Waals surface area contributed by atoms with Gasteiger partial charge in [-0.2, -0.15) is 5.26 Å². The first-order chi connectivity index (χ1) is 11.6. The average Bonchev–Trinajstić information content (AvgIpc) is 2.60. The second-order valence-corrected chi connectivity index (χ2v) is 6.32. The molecule has 0 amide bonds. The molecule has 0 radical (unpaired) electrons. The van der Waals surface area contributed by atoms with E-state index >= 15 is 0 Å². The van der Waals surface area contributed by atoms with Crippen molar-refractivity contribution in [1.82, 2.24) is 14.5 Å². The first kappa shape index (κ1) is 16.4. The van der Waals surface area contributed by atoms with Gasteiger partial charge in [0.25, 0.3) is 0 Å². The summed E-state index contributed by atoms with van der Waals surface area (Å²) < 4.78 is 1.74. The van der Waals surface area contributed by atoms with Crippen molar-refractivity contribution in [3.05, 3.63) is 56.6 Å². The van der Waals surface area contributed by atoms with Crippen molar-refractivity contribution < 1.29 is 0 Å². The minimum Gasteiger partial charge on any atom is -0.354 e. The van der Waals surface area contributed by atoms with E-state index in [-0.39, 0.29) is 5.69 Å². The number of rotatable bonds is 3. The summed E-state index contributed by atoms with van der Waals surface area (Å²) in [5, 5.41) is 9.57. The highest BCUT2D eigenvalue weighted by Gasteiger charge is 2.20. The summed E-state index contributed by atoms with van der Waals surface area (Å²) in [4.78, 5) is 19.6. The standard InChI is InChI=1S/C17H19N5OS/c1-20-7-9-21(10-8-20)15-14(11-18)16(24)22(17(23)19-15)12-13-5-3-2-4-6-13/h2-6H,7-10,12H2,1H3,(H,19,23). The van der Waals surface area contributed by atoms with Crippen LogP contribution in [0.3, 0.4) is 0 Å². The maximum atomic E-state index is 12.5. The van der Waals surface area contributed by atoms with Gasteiger partial charge in [0.2, 0.25) is 0 Å². The molecule has 3 rings (SSSR count). The van der Waals surface area contributed by atoms with Crippen LogP contribution in [-0.4, -0.2) is 47.7 Å². The summed E-state index contributed by atoms with van der Waals surface area (Å²) >= 11 is 5.44. The molecule has 0 saturated carbocycles. The van der Waals surface area contributed by atoms with Crippen LogP contribution in [0, 0.1) is 16.0 Å². The largest absolute Gasteiger partial charge is 0.354 e. The topological polar surface area (TPSA) is 68.1 Å². The molecular formula is C17H19N5OS. The lowest BCUT2D eigenvalue weighted by molar-refractivity contribution is 0.311. The molecule has 1 fully saturated rings. The molecule has 6 nitrogen and oxygen atoms in total. The Bertz CT molecular complexity index is 873. The fraction of sp³-hybridized carbons (Fsp3) is 0.353. The molecule has 1 aliphatic rings. The number of piperazine rings is 1. The van der Waals surface area contributed by atoms with Crippen LogP contribution in [0.5, 0.6) is 0 Å². The van der Waals surface area contributed by atoms with Gasteiger partial charge in [-0.25, -0.2) is 4.79 Å². The Morgan fingerprint density at radius 3 is 2.50 bits per heavy atom. The molecule has 1 saturated heterocycles. The van der Waals surface area contributed by atoms with Gasteiger partial charge < -0.3 is 9.80 Å². The highest BCUT2D eigenvalue weighted by Crippen LogP contribution is 2.18. The Labute approximate surface area is 145 Å². The monoisotopic (exact) mass is 341 g/mol. The normalized spacial score (nSPS) is 15.2. The van der Waals surface area contributed by atoms with Crippen molar-refractivity contribution in [3.63, 3.8) is 0 Å². The third-order valence-corrected chi connectivity index (χ3v) is 4.71. The molecule has 124 valence electrons. The fourth-order valence-corrected chi connectivity index (χ4v) is 3.13. The SMILES string of the molecule is CN1CCN(c2[nH]c(=O)n(Cc3ccccc3)c(=S)c2C#N)CC1. The van der Waals surface area contributed by atoms with E-state index in [4.69, 9.17) is 12.2 Å². The van der Waals surface area contributed by atoms with E-state index in [1.807, 2.05) is 35.2 Å². The zero-order valence-corrected chi connectivity index (χ0v) is 14.3. The highest BCUT2D eigenvalue weighted by molar-refractivity contribution is 7.71. The van der Waals surface area contributed by atoms with Gasteiger partial charge in [0.05, 0.1) is 6.54 Å². The summed E-state index contributed by atoms with van der Waals surface area (Å²) in [5.41, 5.74) is 1.05. The van der Waals surface area contributed by atoms with E-state index in [9.17, 15) is 10.1 Å². The fourth-order valence-electron chi connectivity index (χ4n) is 2.84. The number of benzene rings is 1. The molecule has 7 heteroatoms. The molecular weight excluding hydrogens is 322 g/mol. The van der Waals surface area contributed by atoms with Crippen LogP contribution in [0.15, 0.2) is 35.1 Å². The Hall–Kier alpha value is -2.43. The van der Waals surface area contributed by atoms with Crippen LogP contribution in [0.25, 0.3) is 0 Å². The van der Waals surface area contributed by atoms with Gasteiger partial charge in [-0.15, -0.1) is 0 Å². The summed E-state index contributed by atoms with van der Waals surface area (Å²) in [5.74, 6) is 0.546. The zero-order valence-electron chi connectivity index (χ0n) is 13.5. The Balaban J connectivity index is 2.01. The number of hydrogen-bond donors (Lipinski definition) is 1. The van der Waals surface area contributed by atoms with Gasteiger partial charge in [-0.05, 0) is 12.6 Å². The van der Waals surface area contributed by atoms with Crippen LogP contribution < -0.4 is 10.6 Å². The number of aromatic amines is 1. The summed E-state index contributed by atoms with van der Waals surface area (Å²) in [6.45, 7) is 3.65. The van der Waals surface area contributed by atoms with Gasteiger partial charge in [-0.3, -0.25) is 9.55 Å². The minimum absolute atomic E-state index is 0.281. The predicted octanol–water partition coefficient (Wildman–Crippen LogP) is 1.58. The third kappa shape index (κ3) is 3.25. The lowest BCUT2D eigenvalue weighted by Crippen LogP contribution is -2.46. The van der Waals surface area contributed by atoms with Gasteiger partial charge in [0.1, 0.15) is 22.1 Å². The first-order valence-electron chi connectivity index (χ1n) is 7.85. The zero-order chi connectivity index (χ0) is 17.1. The van der Waals surface area contributed by atoms with Crippen molar-refractivity contribution in [2.75, 3.05) is 38.1 Å². The molecule has 0 atom stereocenters. The Kier molecular flexibility index (Phi) is 4.79. The maximum absolute atomic E-state index is 12.5. The van der Waals surface area contributed by atoms with Gasteiger partial charge >= 0.3 is 5.69 Å². The predicted molar refractivity (Wildman–Crippen MR) is 95.9 cm³/mol. The second kappa shape index (κ2) is 6.99. The van der Waals surface area contributed by atoms with Crippen molar-refractivity contribution in [3.8, 4) is 6.07 Å². The average molecular weight is 341 g/mol. The molecule has 2 aromatic rings.